The fraction of sp³-hybridized carbons (Fsp3) is 0.357. The Morgan fingerprint density at radius 3 is 2.75 bits per heavy atom. The molecule has 0 aliphatic carbocycles. The monoisotopic (exact) mass is 216 g/mol. The van der Waals surface area contributed by atoms with Crippen molar-refractivity contribution in [3.8, 4) is 0 Å². The van der Waals surface area contributed by atoms with Gasteiger partial charge in [-0.1, -0.05) is 36.4 Å². The van der Waals surface area contributed by atoms with E-state index >= 15 is 0 Å². The molecule has 0 spiro atoms. The predicted molar refractivity (Wildman–Crippen MR) is 63.0 cm³/mol. The van der Waals surface area contributed by atoms with Crippen molar-refractivity contribution in [1.29, 1.82) is 0 Å². The molecule has 0 amide bonds. The average molecular weight is 216 g/mol. The lowest BCUT2D eigenvalue weighted by atomic mass is 9.92. The highest BCUT2D eigenvalue weighted by Gasteiger charge is 2.29. The maximum atomic E-state index is 11.2. The number of ether oxygens (including phenoxy) is 1. The van der Waals surface area contributed by atoms with Crippen molar-refractivity contribution in [1.82, 2.24) is 0 Å². The summed E-state index contributed by atoms with van der Waals surface area (Å²) in [7, 11) is 0. The molecule has 1 heterocycles. The van der Waals surface area contributed by atoms with Crippen molar-refractivity contribution in [2.75, 3.05) is 0 Å². The highest BCUT2D eigenvalue weighted by molar-refractivity contribution is 5.83. The van der Waals surface area contributed by atoms with Gasteiger partial charge >= 0.3 is 5.97 Å². The summed E-state index contributed by atoms with van der Waals surface area (Å²) in [5.41, 5.74) is 0.955. The number of carbonyl (C=O) groups excluding carboxylic acids is 1. The van der Waals surface area contributed by atoms with Crippen LogP contribution in [0.5, 0.6) is 0 Å². The van der Waals surface area contributed by atoms with E-state index in [1.165, 1.54) is 11.6 Å². The molecule has 0 radical (unpaired) electrons. The minimum Gasteiger partial charge on any atom is -0.456 e. The summed E-state index contributed by atoms with van der Waals surface area (Å²) in [4.78, 5) is 11.2. The lowest BCUT2D eigenvalue weighted by molar-refractivity contribution is -0.153. The molecule has 0 saturated heterocycles. The zero-order valence-corrected chi connectivity index (χ0v) is 9.48. The first-order valence-corrected chi connectivity index (χ1v) is 5.61. The molecule has 0 aromatic heterocycles. The van der Waals surface area contributed by atoms with E-state index in [2.05, 4.69) is 12.1 Å². The molecule has 0 N–H and O–H groups in total. The van der Waals surface area contributed by atoms with Crippen molar-refractivity contribution in [2.45, 2.75) is 31.8 Å². The van der Waals surface area contributed by atoms with E-state index in [9.17, 15) is 4.79 Å². The molecule has 84 valence electrons. The number of rotatable bonds is 3. The van der Waals surface area contributed by atoms with Crippen LogP contribution in [0, 0.1) is 0 Å². The first-order valence-electron chi connectivity index (χ1n) is 5.61. The Bertz CT molecular complexity index is 394. The number of aryl methyl sites for hydroxylation is 1. The first kappa shape index (κ1) is 10.9. The normalized spacial score (nSPS) is 24.2. The van der Waals surface area contributed by atoms with Gasteiger partial charge in [-0.05, 0) is 25.3 Å². The topological polar surface area (TPSA) is 26.3 Å². The number of carbonyl (C=O) groups is 1. The van der Waals surface area contributed by atoms with Crippen LogP contribution in [0.1, 0.15) is 25.3 Å². The van der Waals surface area contributed by atoms with Gasteiger partial charge in [0.2, 0.25) is 0 Å². The summed E-state index contributed by atoms with van der Waals surface area (Å²) in [6.45, 7) is 2.00. The van der Waals surface area contributed by atoms with Crippen molar-refractivity contribution < 1.29 is 9.53 Å². The van der Waals surface area contributed by atoms with Crippen molar-refractivity contribution >= 4 is 5.97 Å². The second-order valence-electron chi connectivity index (χ2n) is 4.46. The molecule has 0 saturated carbocycles. The first-order chi connectivity index (χ1) is 7.68. The molecule has 2 heteroatoms. The van der Waals surface area contributed by atoms with Crippen molar-refractivity contribution in [3.05, 3.63) is 48.0 Å². The van der Waals surface area contributed by atoms with E-state index < -0.39 is 0 Å². The fourth-order valence-corrected chi connectivity index (χ4v) is 1.93. The molecule has 0 bridgehead atoms. The summed E-state index contributed by atoms with van der Waals surface area (Å²) in [5.74, 6) is -0.221. The second-order valence-corrected chi connectivity index (χ2v) is 4.46. The van der Waals surface area contributed by atoms with E-state index in [-0.39, 0.29) is 11.6 Å². The van der Waals surface area contributed by atoms with Crippen LogP contribution in [0.2, 0.25) is 0 Å². The molecule has 16 heavy (non-hydrogen) atoms. The Labute approximate surface area is 95.9 Å². The molecule has 1 aromatic rings. The van der Waals surface area contributed by atoms with Gasteiger partial charge in [-0.15, -0.1) is 0 Å². The standard InChI is InChI=1S/C14H16O2/c1-14(10-5-8-13(15)16-14)11-9-12-6-3-2-4-7-12/h2-8H,9-11H2,1H3. The zero-order valence-electron chi connectivity index (χ0n) is 9.48. The quantitative estimate of drug-likeness (QED) is 0.726. The zero-order chi connectivity index (χ0) is 11.4. The van der Waals surface area contributed by atoms with Gasteiger partial charge in [0.05, 0.1) is 0 Å². The summed E-state index contributed by atoms with van der Waals surface area (Å²) in [6, 6.07) is 10.3. The maximum absolute atomic E-state index is 11.2. The summed E-state index contributed by atoms with van der Waals surface area (Å²) >= 11 is 0. The van der Waals surface area contributed by atoms with Gasteiger partial charge in [-0.3, -0.25) is 0 Å². The highest BCUT2D eigenvalue weighted by atomic mass is 16.6. The number of hydrogen-bond acceptors (Lipinski definition) is 2. The van der Waals surface area contributed by atoms with Crippen LogP contribution < -0.4 is 0 Å². The minimum atomic E-state index is -0.332. The molecule has 1 aliphatic heterocycles. The lowest BCUT2D eigenvalue weighted by Crippen LogP contribution is -2.33. The Morgan fingerprint density at radius 1 is 1.31 bits per heavy atom. The number of hydrogen-bond donors (Lipinski definition) is 0. The number of esters is 1. The molecule has 2 nitrogen and oxygen atoms in total. The third-order valence-corrected chi connectivity index (χ3v) is 2.94. The van der Waals surface area contributed by atoms with Gasteiger partial charge in [0.15, 0.2) is 0 Å². The average Bonchev–Trinajstić information content (AvgIpc) is 2.28. The van der Waals surface area contributed by atoms with Gasteiger partial charge in [-0.2, -0.15) is 0 Å². The Hall–Kier alpha value is -1.57. The summed E-state index contributed by atoms with van der Waals surface area (Å²) < 4.78 is 5.37. The number of cyclic esters (lactones) is 1. The van der Waals surface area contributed by atoms with E-state index in [0.29, 0.717) is 0 Å². The summed E-state index contributed by atoms with van der Waals surface area (Å²) in [5, 5.41) is 0. The Morgan fingerprint density at radius 2 is 2.06 bits per heavy atom. The van der Waals surface area contributed by atoms with E-state index in [1.54, 1.807) is 0 Å². The summed E-state index contributed by atoms with van der Waals surface area (Å²) in [6.07, 6.45) is 6.03. The van der Waals surface area contributed by atoms with Gasteiger partial charge < -0.3 is 4.74 Å². The van der Waals surface area contributed by atoms with Gasteiger partial charge in [0.1, 0.15) is 5.60 Å². The molecule has 0 fully saturated rings. The maximum Gasteiger partial charge on any atom is 0.330 e. The molecule has 1 unspecified atom stereocenters. The highest BCUT2D eigenvalue weighted by Crippen LogP contribution is 2.26. The Kier molecular flexibility index (Phi) is 3.09. The van der Waals surface area contributed by atoms with Crippen LogP contribution in [0.4, 0.5) is 0 Å². The smallest absolute Gasteiger partial charge is 0.330 e. The van der Waals surface area contributed by atoms with Gasteiger partial charge in [-0.25, -0.2) is 4.79 Å². The van der Waals surface area contributed by atoms with E-state index in [4.69, 9.17) is 4.74 Å². The molecular formula is C14H16O2. The number of benzene rings is 1. The lowest BCUT2D eigenvalue weighted by Gasteiger charge is -2.30. The van der Waals surface area contributed by atoms with Crippen LogP contribution in [0.3, 0.4) is 0 Å². The molecule has 1 atom stereocenters. The van der Waals surface area contributed by atoms with Crippen LogP contribution >= 0.6 is 0 Å². The van der Waals surface area contributed by atoms with Gasteiger partial charge in [0, 0.05) is 12.5 Å². The van der Waals surface area contributed by atoms with Crippen LogP contribution in [0.25, 0.3) is 0 Å². The van der Waals surface area contributed by atoms with Gasteiger partial charge in [0.25, 0.3) is 0 Å². The minimum absolute atomic E-state index is 0.221. The SMILES string of the molecule is CC1(CCc2ccccc2)CC=CC(=O)O1. The molecule has 1 aliphatic rings. The Balaban J connectivity index is 1.95. The second kappa shape index (κ2) is 4.52. The largest absolute Gasteiger partial charge is 0.456 e. The van der Waals surface area contributed by atoms with E-state index in [0.717, 1.165) is 19.3 Å². The van der Waals surface area contributed by atoms with Crippen LogP contribution in [-0.4, -0.2) is 11.6 Å². The van der Waals surface area contributed by atoms with Crippen molar-refractivity contribution in [3.63, 3.8) is 0 Å². The van der Waals surface area contributed by atoms with Crippen LogP contribution in [-0.2, 0) is 16.0 Å². The third-order valence-electron chi connectivity index (χ3n) is 2.94. The van der Waals surface area contributed by atoms with Crippen molar-refractivity contribution in [2.24, 2.45) is 0 Å². The predicted octanol–water partition coefficient (Wildman–Crippen LogP) is 2.88. The molecule has 1 aromatic carbocycles. The third kappa shape index (κ3) is 2.72. The van der Waals surface area contributed by atoms with E-state index in [1.807, 2.05) is 31.2 Å². The fourth-order valence-electron chi connectivity index (χ4n) is 1.93. The molecular weight excluding hydrogens is 200 g/mol. The van der Waals surface area contributed by atoms with Crippen LogP contribution in [0.15, 0.2) is 42.5 Å². The molecule has 2 rings (SSSR count).